The molecule has 1 amide bonds. The van der Waals surface area contributed by atoms with Gasteiger partial charge in [-0.05, 0) is 56.4 Å². The highest BCUT2D eigenvalue weighted by Gasteiger charge is 2.13. The van der Waals surface area contributed by atoms with E-state index in [9.17, 15) is 4.79 Å². The molecule has 0 fully saturated rings. The van der Waals surface area contributed by atoms with E-state index < -0.39 is 0 Å². The van der Waals surface area contributed by atoms with Crippen molar-refractivity contribution in [2.45, 2.75) is 70.4 Å². The quantitative estimate of drug-likeness (QED) is 0.346. The molecule has 1 aliphatic carbocycles. The van der Waals surface area contributed by atoms with E-state index in [-0.39, 0.29) is 5.91 Å². The van der Waals surface area contributed by atoms with Gasteiger partial charge in [-0.1, -0.05) is 74.5 Å². The SMILES string of the molecule is CC1C=CC=CCC1.CCCCNC(=O)CCCCc1nnc(SC)n1-c1ccccc1. The Morgan fingerprint density at radius 3 is 2.72 bits per heavy atom. The van der Waals surface area contributed by atoms with E-state index in [2.05, 4.69) is 70.4 Å². The first-order valence-electron chi connectivity index (χ1n) is 11.8. The summed E-state index contributed by atoms with van der Waals surface area (Å²) in [5, 5.41) is 12.5. The molecule has 174 valence electrons. The average Bonchev–Trinajstić information content (AvgIpc) is 3.07. The first-order valence-corrected chi connectivity index (χ1v) is 13.0. The molecule has 3 rings (SSSR count). The number of carbonyl (C=O) groups is 1. The molecule has 32 heavy (non-hydrogen) atoms. The van der Waals surface area contributed by atoms with Crippen molar-refractivity contribution in [1.82, 2.24) is 20.1 Å². The van der Waals surface area contributed by atoms with Crippen molar-refractivity contribution in [2.75, 3.05) is 12.8 Å². The molecule has 1 aliphatic rings. The minimum atomic E-state index is 0.151. The monoisotopic (exact) mass is 454 g/mol. The van der Waals surface area contributed by atoms with E-state index in [0.717, 1.165) is 61.2 Å². The second-order valence-corrected chi connectivity index (χ2v) is 8.83. The van der Waals surface area contributed by atoms with Crippen LogP contribution in [0.2, 0.25) is 0 Å². The predicted molar refractivity (Wildman–Crippen MR) is 135 cm³/mol. The van der Waals surface area contributed by atoms with Gasteiger partial charge in [0, 0.05) is 25.1 Å². The summed E-state index contributed by atoms with van der Waals surface area (Å²) in [5.41, 5.74) is 1.08. The molecular formula is C26H38N4OS. The maximum Gasteiger partial charge on any atom is 0.219 e. The van der Waals surface area contributed by atoms with Crippen molar-refractivity contribution < 1.29 is 4.79 Å². The first-order chi connectivity index (χ1) is 15.7. The van der Waals surface area contributed by atoms with E-state index >= 15 is 0 Å². The number of amides is 1. The van der Waals surface area contributed by atoms with Crippen LogP contribution in [0.5, 0.6) is 0 Å². The number of rotatable bonds is 10. The zero-order valence-corrected chi connectivity index (χ0v) is 20.6. The second kappa shape index (κ2) is 15.5. The van der Waals surface area contributed by atoms with Crippen molar-refractivity contribution in [3.63, 3.8) is 0 Å². The molecule has 1 unspecified atom stereocenters. The van der Waals surface area contributed by atoms with Gasteiger partial charge >= 0.3 is 0 Å². The molecule has 1 heterocycles. The van der Waals surface area contributed by atoms with E-state index in [4.69, 9.17) is 0 Å². The largest absolute Gasteiger partial charge is 0.356 e. The number of unbranched alkanes of at least 4 members (excludes halogenated alkanes) is 2. The maximum absolute atomic E-state index is 11.7. The summed E-state index contributed by atoms with van der Waals surface area (Å²) in [6.07, 6.45) is 18.7. The number of allylic oxidation sites excluding steroid dienone is 4. The summed E-state index contributed by atoms with van der Waals surface area (Å²) in [5.74, 6) is 1.89. The van der Waals surface area contributed by atoms with Gasteiger partial charge in [-0.25, -0.2) is 0 Å². The Bertz CT molecular complexity index is 845. The molecule has 0 bridgehead atoms. The Kier molecular flexibility index (Phi) is 12.5. The van der Waals surface area contributed by atoms with Gasteiger partial charge in [0.2, 0.25) is 5.91 Å². The van der Waals surface area contributed by atoms with Crippen molar-refractivity contribution in [2.24, 2.45) is 5.92 Å². The standard InChI is InChI=1S/C18H26N4OS.C8H12/c1-3-4-14-19-17(23)13-9-8-12-16-20-21-18(24-2)22(16)15-10-6-5-7-11-15;1-8-6-4-2-3-5-7-8/h5-7,10-11H,3-4,8-9,12-14H2,1-2H3,(H,19,23);2-4,6,8H,5,7H2,1H3. The fourth-order valence-electron chi connectivity index (χ4n) is 3.38. The Labute approximate surface area is 197 Å². The van der Waals surface area contributed by atoms with Crippen LogP contribution in [-0.4, -0.2) is 33.5 Å². The van der Waals surface area contributed by atoms with Gasteiger partial charge < -0.3 is 5.32 Å². The molecule has 1 N–H and O–H groups in total. The van der Waals surface area contributed by atoms with Crippen LogP contribution < -0.4 is 5.32 Å². The number of thioether (sulfide) groups is 1. The summed E-state index contributed by atoms with van der Waals surface area (Å²) in [6.45, 7) is 5.16. The van der Waals surface area contributed by atoms with Gasteiger partial charge in [-0.15, -0.1) is 10.2 Å². The number of carbonyl (C=O) groups excluding carboxylic acids is 1. The van der Waals surface area contributed by atoms with Gasteiger partial charge in [0.1, 0.15) is 5.82 Å². The Morgan fingerprint density at radius 1 is 1.16 bits per heavy atom. The van der Waals surface area contributed by atoms with Crippen LogP contribution >= 0.6 is 11.8 Å². The predicted octanol–water partition coefficient (Wildman–Crippen LogP) is 6.15. The van der Waals surface area contributed by atoms with E-state index in [1.54, 1.807) is 11.8 Å². The number of hydrogen-bond donors (Lipinski definition) is 1. The van der Waals surface area contributed by atoms with Crippen LogP contribution in [0.1, 0.15) is 64.6 Å². The van der Waals surface area contributed by atoms with Gasteiger partial charge in [0.15, 0.2) is 5.16 Å². The highest BCUT2D eigenvalue weighted by Crippen LogP contribution is 2.21. The summed E-state index contributed by atoms with van der Waals surface area (Å²) in [4.78, 5) is 11.7. The topological polar surface area (TPSA) is 59.8 Å². The van der Waals surface area contributed by atoms with Crippen LogP contribution in [0, 0.1) is 5.92 Å². The zero-order chi connectivity index (χ0) is 23.0. The normalized spacial score (nSPS) is 15.0. The molecule has 0 radical (unpaired) electrons. The van der Waals surface area contributed by atoms with Crippen LogP contribution in [0.3, 0.4) is 0 Å². The van der Waals surface area contributed by atoms with Gasteiger partial charge in [0.25, 0.3) is 0 Å². The molecule has 1 atom stereocenters. The van der Waals surface area contributed by atoms with E-state index in [1.165, 1.54) is 12.8 Å². The molecule has 0 spiro atoms. The number of nitrogens with one attached hydrogen (secondary N) is 1. The number of para-hydroxylation sites is 1. The third-order valence-corrected chi connectivity index (χ3v) is 5.91. The molecular weight excluding hydrogens is 416 g/mol. The lowest BCUT2D eigenvalue weighted by molar-refractivity contribution is -0.121. The van der Waals surface area contributed by atoms with Crippen molar-refractivity contribution in [1.29, 1.82) is 0 Å². The minimum Gasteiger partial charge on any atom is -0.356 e. The van der Waals surface area contributed by atoms with E-state index in [1.807, 2.05) is 24.5 Å². The van der Waals surface area contributed by atoms with Gasteiger partial charge in [-0.3, -0.25) is 9.36 Å². The summed E-state index contributed by atoms with van der Waals surface area (Å²) >= 11 is 1.59. The molecule has 1 aromatic heterocycles. The summed E-state index contributed by atoms with van der Waals surface area (Å²) in [7, 11) is 0. The lowest BCUT2D eigenvalue weighted by Crippen LogP contribution is -2.23. The molecule has 5 nitrogen and oxygen atoms in total. The second-order valence-electron chi connectivity index (χ2n) is 8.05. The van der Waals surface area contributed by atoms with E-state index in [0.29, 0.717) is 6.42 Å². The third kappa shape index (κ3) is 9.43. The lowest BCUT2D eigenvalue weighted by Gasteiger charge is -2.09. The highest BCUT2D eigenvalue weighted by atomic mass is 32.2. The zero-order valence-electron chi connectivity index (χ0n) is 19.8. The smallest absolute Gasteiger partial charge is 0.219 e. The van der Waals surface area contributed by atoms with Crippen LogP contribution in [-0.2, 0) is 11.2 Å². The first kappa shape index (κ1) is 25.9. The average molecular weight is 455 g/mol. The molecule has 0 aliphatic heterocycles. The Balaban J connectivity index is 0.000000380. The van der Waals surface area contributed by atoms with Crippen molar-refractivity contribution in [3.8, 4) is 5.69 Å². The maximum atomic E-state index is 11.7. The van der Waals surface area contributed by atoms with Crippen LogP contribution in [0.4, 0.5) is 0 Å². The third-order valence-electron chi connectivity index (χ3n) is 5.28. The number of hydrogen-bond acceptors (Lipinski definition) is 4. The number of nitrogens with zero attached hydrogens (tertiary/aromatic N) is 3. The lowest BCUT2D eigenvalue weighted by atomic mass is 10.1. The molecule has 6 heteroatoms. The Hall–Kier alpha value is -2.34. The van der Waals surface area contributed by atoms with Gasteiger partial charge in [-0.2, -0.15) is 0 Å². The highest BCUT2D eigenvalue weighted by molar-refractivity contribution is 7.98. The number of benzene rings is 1. The van der Waals surface area contributed by atoms with Crippen LogP contribution in [0.15, 0.2) is 59.8 Å². The molecule has 0 saturated heterocycles. The summed E-state index contributed by atoms with van der Waals surface area (Å²) in [6, 6.07) is 10.2. The molecule has 2 aromatic rings. The van der Waals surface area contributed by atoms with Crippen LogP contribution in [0.25, 0.3) is 5.69 Å². The minimum absolute atomic E-state index is 0.151. The Morgan fingerprint density at radius 2 is 1.97 bits per heavy atom. The van der Waals surface area contributed by atoms with Gasteiger partial charge in [0.05, 0.1) is 0 Å². The fraction of sp³-hybridized carbons (Fsp3) is 0.500. The molecule has 1 aromatic carbocycles. The number of aromatic nitrogens is 3. The fourth-order valence-corrected chi connectivity index (χ4v) is 3.89. The molecule has 0 saturated carbocycles. The summed E-state index contributed by atoms with van der Waals surface area (Å²) < 4.78 is 2.10. The van der Waals surface area contributed by atoms with Crippen molar-refractivity contribution >= 4 is 17.7 Å². The number of aryl methyl sites for hydroxylation is 1. The van der Waals surface area contributed by atoms with Crippen molar-refractivity contribution in [3.05, 3.63) is 60.5 Å².